The number of anilines is 1. The number of benzene rings is 2. The molecule has 7 nitrogen and oxygen atoms in total. The van der Waals surface area contributed by atoms with Gasteiger partial charge in [-0.15, -0.1) is 0 Å². The quantitative estimate of drug-likeness (QED) is 0.442. The van der Waals surface area contributed by atoms with Gasteiger partial charge in [-0.25, -0.2) is 14.4 Å². The standard InChI is InChI=1S/C26H30FN5O2/c1-15-3-2-4-17(11-15)22(13-28)32-26(34)20-10-7-18(12-21(20)27)24-25(29)30-14-23(31-24)16-5-8-19(33)9-6-16/h2-4,7,10-12,14,16,19,22,33H,5-6,8-9,13,28H2,1H3,(H2,29,30)(H,32,34)/t16-,19-,22-/m1/s1. The highest BCUT2D eigenvalue weighted by Crippen LogP contribution is 2.34. The molecule has 8 heteroatoms. The number of carbonyl (C=O) groups is 1. The molecule has 0 bridgehead atoms. The Labute approximate surface area is 198 Å². The maximum absolute atomic E-state index is 15.0. The topological polar surface area (TPSA) is 127 Å². The zero-order valence-corrected chi connectivity index (χ0v) is 19.2. The van der Waals surface area contributed by atoms with Gasteiger partial charge < -0.3 is 21.9 Å². The average Bonchev–Trinajstić information content (AvgIpc) is 2.83. The lowest BCUT2D eigenvalue weighted by Gasteiger charge is -2.25. The third kappa shape index (κ3) is 5.24. The summed E-state index contributed by atoms with van der Waals surface area (Å²) in [5, 5.41) is 12.6. The van der Waals surface area contributed by atoms with Crippen LogP contribution in [0.5, 0.6) is 0 Å². The maximum atomic E-state index is 15.0. The lowest BCUT2D eigenvalue weighted by molar-refractivity contribution is 0.0933. The number of amides is 1. The highest BCUT2D eigenvalue weighted by atomic mass is 19.1. The molecule has 1 aliphatic rings. The number of aliphatic hydroxyl groups excluding tert-OH is 1. The van der Waals surface area contributed by atoms with Crippen LogP contribution in [0.1, 0.15) is 64.8 Å². The molecule has 2 aromatic carbocycles. The molecule has 1 aromatic heterocycles. The van der Waals surface area contributed by atoms with Crippen molar-refractivity contribution in [2.24, 2.45) is 5.73 Å². The fraction of sp³-hybridized carbons (Fsp3) is 0.346. The van der Waals surface area contributed by atoms with E-state index in [1.807, 2.05) is 31.2 Å². The summed E-state index contributed by atoms with van der Waals surface area (Å²) in [6.45, 7) is 2.14. The van der Waals surface area contributed by atoms with Gasteiger partial charge in [0.2, 0.25) is 0 Å². The molecular weight excluding hydrogens is 433 g/mol. The molecule has 1 atom stereocenters. The van der Waals surface area contributed by atoms with Crippen molar-refractivity contribution in [1.29, 1.82) is 0 Å². The fourth-order valence-electron chi connectivity index (χ4n) is 4.44. The Kier molecular flexibility index (Phi) is 7.19. The van der Waals surface area contributed by atoms with Gasteiger partial charge in [0.25, 0.3) is 5.91 Å². The summed E-state index contributed by atoms with van der Waals surface area (Å²) in [4.78, 5) is 21.7. The summed E-state index contributed by atoms with van der Waals surface area (Å²) >= 11 is 0. The summed E-state index contributed by atoms with van der Waals surface area (Å²) in [6, 6.07) is 11.5. The number of aliphatic hydroxyl groups is 1. The number of rotatable bonds is 6. The second-order valence-corrected chi connectivity index (χ2v) is 8.90. The SMILES string of the molecule is Cc1cccc([C@@H](CN)NC(=O)c2ccc(-c3nc([C@H]4CC[C@H](O)CC4)cnc3N)cc2F)c1. The van der Waals surface area contributed by atoms with E-state index in [4.69, 9.17) is 11.5 Å². The zero-order chi connectivity index (χ0) is 24.2. The van der Waals surface area contributed by atoms with Crippen molar-refractivity contribution in [2.45, 2.75) is 50.7 Å². The number of aromatic nitrogens is 2. The number of hydrogen-bond donors (Lipinski definition) is 4. The van der Waals surface area contributed by atoms with E-state index in [-0.39, 0.29) is 29.9 Å². The predicted molar refractivity (Wildman–Crippen MR) is 129 cm³/mol. The Morgan fingerprint density at radius 3 is 2.65 bits per heavy atom. The molecule has 3 aromatic rings. The van der Waals surface area contributed by atoms with Crippen LogP contribution in [-0.2, 0) is 0 Å². The first kappa shape index (κ1) is 23.8. The van der Waals surface area contributed by atoms with Gasteiger partial charge in [-0.05, 0) is 50.3 Å². The van der Waals surface area contributed by atoms with E-state index in [0.717, 1.165) is 42.5 Å². The average molecular weight is 464 g/mol. The van der Waals surface area contributed by atoms with Crippen LogP contribution in [0.4, 0.5) is 10.2 Å². The van der Waals surface area contributed by atoms with Crippen molar-refractivity contribution in [3.8, 4) is 11.3 Å². The van der Waals surface area contributed by atoms with Crippen molar-refractivity contribution < 1.29 is 14.3 Å². The van der Waals surface area contributed by atoms with Gasteiger partial charge in [-0.1, -0.05) is 35.9 Å². The minimum atomic E-state index is -0.678. The van der Waals surface area contributed by atoms with Gasteiger partial charge in [-0.3, -0.25) is 4.79 Å². The Bertz CT molecular complexity index is 1180. The van der Waals surface area contributed by atoms with Gasteiger partial charge in [0.1, 0.15) is 17.3 Å². The molecule has 1 fully saturated rings. The fourth-order valence-corrected chi connectivity index (χ4v) is 4.44. The smallest absolute Gasteiger partial charge is 0.254 e. The summed E-state index contributed by atoms with van der Waals surface area (Å²) in [7, 11) is 0. The largest absolute Gasteiger partial charge is 0.393 e. The van der Waals surface area contributed by atoms with Crippen LogP contribution in [0.25, 0.3) is 11.3 Å². The molecule has 6 N–H and O–H groups in total. The number of nitrogens with one attached hydrogen (secondary N) is 1. The summed E-state index contributed by atoms with van der Waals surface area (Å²) < 4.78 is 15.0. The van der Waals surface area contributed by atoms with Crippen molar-refractivity contribution in [3.63, 3.8) is 0 Å². The van der Waals surface area contributed by atoms with Gasteiger partial charge in [-0.2, -0.15) is 0 Å². The van der Waals surface area contributed by atoms with Gasteiger partial charge in [0, 0.05) is 18.0 Å². The van der Waals surface area contributed by atoms with Gasteiger partial charge >= 0.3 is 0 Å². The van der Waals surface area contributed by atoms with Crippen molar-refractivity contribution in [3.05, 3.63) is 76.9 Å². The van der Waals surface area contributed by atoms with E-state index in [1.54, 1.807) is 12.3 Å². The van der Waals surface area contributed by atoms with E-state index in [2.05, 4.69) is 15.3 Å². The number of aryl methyl sites for hydroxylation is 1. The van der Waals surface area contributed by atoms with Gasteiger partial charge in [0.05, 0.1) is 29.6 Å². The first-order valence-electron chi connectivity index (χ1n) is 11.5. The molecule has 34 heavy (non-hydrogen) atoms. The molecule has 178 valence electrons. The number of halogens is 1. The van der Waals surface area contributed by atoms with Crippen molar-refractivity contribution >= 4 is 11.7 Å². The highest BCUT2D eigenvalue weighted by molar-refractivity contribution is 5.95. The summed E-state index contributed by atoms with van der Waals surface area (Å²) in [5.74, 6) is -0.851. The van der Waals surface area contributed by atoms with Crippen LogP contribution in [0.2, 0.25) is 0 Å². The van der Waals surface area contributed by atoms with Crippen LogP contribution in [0.3, 0.4) is 0 Å². The van der Waals surface area contributed by atoms with Gasteiger partial charge in [0.15, 0.2) is 0 Å². The second-order valence-electron chi connectivity index (χ2n) is 8.90. The van der Waals surface area contributed by atoms with E-state index in [9.17, 15) is 9.90 Å². The van der Waals surface area contributed by atoms with Crippen LogP contribution >= 0.6 is 0 Å². The molecular formula is C26H30FN5O2. The number of nitrogen functional groups attached to an aromatic ring is 1. The Balaban J connectivity index is 1.55. The van der Waals surface area contributed by atoms with E-state index >= 15 is 4.39 Å². The number of nitrogens with zero attached hydrogens (tertiary/aromatic N) is 2. The first-order valence-corrected chi connectivity index (χ1v) is 11.5. The first-order chi connectivity index (χ1) is 16.4. The molecule has 1 aliphatic carbocycles. The Morgan fingerprint density at radius 2 is 1.97 bits per heavy atom. The minimum absolute atomic E-state index is 0.0844. The maximum Gasteiger partial charge on any atom is 0.254 e. The molecule has 0 aliphatic heterocycles. The monoisotopic (exact) mass is 463 g/mol. The molecule has 0 unspecified atom stereocenters. The van der Waals surface area contributed by atoms with E-state index in [0.29, 0.717) is 11.3 Å². The lowest BCUT2D eigenvalue weighted by atomic mass is 9.85. The lowest BCUT2D eigenvalue weighted by Crippen LogP contribution is -2.33. The third-order valence-corrected chi connectivity index (χ3v) is 6.41. The molecule has 1 amide bonds. The summed E-state index contributed by atoms with van der Waals surface area (Å²) in [6.07, 6.45) is 4.45. The molecule has 4 rings (SSSR count). The normalized spacial score (nSPS) is 18.9. The number of hydrogen-bond acceptors (Lipinski definition) is 6. The molecule has 1 saturated carbocycles. The van der Waals surface area contributed by atoms with Crippen LogP contribution in [0.15, 0.2) is 48.7 Å². The minimum Gasteiger partial charge on any atom is -0.393 e. The zero-order valence-electron chi connectivity index (χ0n) is 19.2. The third-order valence-electron chi connectivity index (χ3n) is 6.41. The summed E-state index contributed by atoms with van der Waals surface area (Å²) in [5.41, 5.74) is 15.4. The molecule has 0 radical (unpaired) electrons. The van der Waals surface area contributed by atoms with Crippen molar-refractivity contribution in [1.82, 2.24) is 15.3 Å². The number of nitrogens with two attached hydrogens (primary N) is 2. The predicted octanol–water partition coefficient (Wildman–Crippen LogP) is 3.62. The highest BCUT2D eigenvalue weighted by Gasteiger charge is 2.24. The second kappa shape index (κ2) is 10.3. The number of carbonyl (C=O) groups excluding carboxylic acids is 1. The van der Waals surface area contributed by atoms with E-state index in [1.165, 1.54) is 12.1 Å². The Hall–Kier alpha value is -3.36. The molecule has 0 saturated heterocycles. The van der Waals surface area contributed by atoms with Crippen LogP contribution in [-0.4, -0.2) is 33.6 Å². The Morgan fingerprint density at radius 1 is 1.21 bits per heavy atom. The van der Waals surface area contributed by atoms with Crippen LogP contribution < -0.4 is 16.8 Å². The van der Waals surface area contributed by atoms with Crippen LogP contribution in [0, 0.1) is 12.7 Å². The molecule has 1 heterocycles. The van der Waals surface area contributed by atoms with Crippen molar-refractivity contribution in [2.75, 3.05) is 12.3 Å². The molecule has 0 spiro atoms. The van der Waals surface area contributed by atoms with E-state index < -0.39 is 17.8 Å².